The molecular weight excluding hydrogens is 214 g/mol. The summed E-state index contributed by atoms with van der Waals surface area (Å²) in [6.45, 7) is 2.64. The van der Waals surface area contributed by atoms with Crippen molar-refractivity contribution in [3.8, 4) is 0 Å². The van der Waals surface area contributed by atoms with E-state index in [0.717, 1.165) is 5.84 Å². The maximum Gasteiger partial charge on any atom is 0.216 e. The maximum absolute atomic E-state index is 6.01. The van der Waals surface area contributed by atoms with E-state index < -0.39 is 5.62 Å². The highest BCUT2D eigenvalue weighted by Crippen LogP contribution is 2.28. The summed E-state index contributed by atoms with van der Waals surface area (Å²) in [7, 11) is 0. The molecular formula is C9H16ClN5. The molecule has 1 saturated carbocycles. The highest BCUT2D eigenvalue weighted by Gasteiger charge is 2.30. The Morgan fingerprint density at radius 3 is 2.93 bits per heavy atom. The van der Waals surface area contributed by atoms with E-state index >= 15 is 0 Å². The molecule has 0 aromatic heterocycles. The molecule has 0 amide bonds. The first-order chi connectivity index (χ1) is 7.22. The van der Waals surface area contributed by atoms with Crippen molar-refractivity contribution < 1.29 is 0 Å². The number of hydrazine groups is 1. The zero-order valence-electron chi connectivity index (χ0n) is 8.78. The zero-order chi connectivity index (χ0) is 10.8. The fourth-order valence-electron chi connectivity index (χ4n) is 1.65. The number of nitrogens with one attached hydrogen (secondary N) is 1. The van der Waals surface area contributed by atoms with Crippen LogP contribution in [0.3, 0.4) is 0 Å². The van der Waals surface area contributed by atoms with Gasteiger partial charge in [-0.2, -0.15) is 0 Å². The van der Waals surface area contributed by atoms with Crippen LogP contribution in [0.4, 0.5) is 0 Å². The summed E-state index contributed by atoms with van der Waals surface area (Å²) in [6.07, 6.45) is 3.63. The third-order valence-electron chi connectivity index (χ3n) is 2.76. The van der Waals surface area contributed by atoms with Gasteiger partial charge in [0.05, 0.1) is 0 Å². The highest BCUT2D eigenvalue weighted by molar-refractivity contribution is 6.23. The number of hydrogen-bond donors (Lipinski definition) is 2. The van der Waals surface area contributed by atoms with Crippen molar-refractivity contribution in [1.82, 2.24) is 10.3 Å². The first kappa shape index (κ1) is 10.7. The second-order valence-corrected chi connectivity index (χ2v) is 4.17. The van der Waals surface area contributed by atoms with E-state index in [1.54, 1.807) is 0 Å². The largest absolute Gasteiger partial charge is 0.313 e. The quantitative estimate of drug-likeness (QED) is 0.419. The van der Waals surface area contributed by atoms with Crippen LogP contribution in [0.5, 0.6) is 0 Å². The first-order valence-electron chi connectivity index (χ1n) is 5.29. The molecule has 1 heterocycles. The number of hydrogen-bond acceptors (Lipinski definition) is 3. The average molecular weight is 230 g/mol. The summed E-state index contributed by atoms with van der Waals surface area (Å²) in [5.41, 5.74) is -0.535. The minimum absolute atomic E-state index is 0.516. The summed E-state index contributed by atoms with van der Waals surface area (Å²) in [5, 5.41) is 4.51. The van der Waals surface area contributed by atoms with Crippen molar-refractivity contribution in [2.45, 2.75) is 31.8 Å². The summed E-state index contributed by atoms with van der Waals surface area (Å²) in [6, 6.07) is 0. The molecule has 0 radical (unpaired) electrons. The lowest BCUT2D eigenvalue weighted by atomic mass is 9.84. The molecule has 1 unspecified atom stereocenters. The van der Waals surface area contributed by atoms with Crippen LogP contribution in [0, 0.1) is 5.92 Å². The molecule has 1 fully saturated rings. The van der Waals surface area contributed by atoms with Crippen molar-refractivity contribution in [3.05, 3.63) is 0 Å². The second-order valence-electron chi connectivity index (χ2n) is 3.78. The number of nitrogens with zero attached hydrogens (tertiary/aromatic N) is 3. The van der Waals surface area contributed by atoms with Gasteiger partial charge < -0.3 is 5.32 Å². The van der Waals surface area contributed by atoms with Crippen LogP contribution in [0.2, 0.25) is 0 Å². The fourth-order valence-corrected chi connectivity index (χ4v) is 1.85. The van der Waals surface area contributed by atoms with Gasteiger partial charge in [0.25, 0.3) is 0 Å². The second kappa shape index (κ2) is 4.37. The molecule has 3 N–H and O–H groups in total. The Labute approximate surface area is 94.4 Å². The Hall–Kier alpha value is -0.810. The van der Waals surface area contributed by atoms with E-state index in [1.165, 1.54) is 24.3 Å². The minimum Gasteiger partial charge on any atom is -0.313 e. The fraction of sp³-hybridized carbons (Fsp3) is 0.778. The predicted molar refractivity (Wildman–Crippen MR) is 61.6 cm³/mol. The van der Waals surface area contributed by atoms with E-state index in [-0.39, 0.29) is 0 Å². The molecule has 1 aliphatic carbocycles. The molecule has 6 heteroatoms. The molecule has 0 bridgehead atoms. The lowest BCUT2D eigenvalue weighted by Crippen LogP contribution is -2.57. The standard InChI is InChI=1S/C9H16ClN5/c1-2-12-9-14-7(6-4-3-5-6)13-8(10)15(9)11/h6,8H,2-5,11H2,1H3,(H,12,13,14). The molecule has 1 atom stereocenters. The van der Waals surface area contributed by atoms with Gasteiger partial charge in [0.2, 0.25) is 11.6 Å². The highest BCUT2D eigenvalue weighted by atomic mass is 35.5. The van der Waals surface area contributed by atoms with Crippen LogP contribution in [0.1, 0.15) is 26.2 Å². The van der Waals surface area contributed by atoms with Crippen LogP contribution in [0.15, 0.2) is 9.98 Å². The van der Waals surface area contributed by atoms with Gasteiger partial charge in [0.1, 0.15) is 5.84 Å². The van der Waals surface area contributed by atoms with E-state index in [4.69, 9.17) is 17.4 Å². The number of nitrogens with two attached hydrogens (primary N) is 1. The van der Waals surface area contributed by atoms with Crippen molar-refractivity contribution in [2.75, 3.05) is 6.54 Å². The number of alkyl halides is 1. The van der Waals surface area contributed by atoms with Gasteiger partial charge in [-0.05, 0) is 19.8 Å². The lowest BCUT2D eigenvalue weighted by molar-refractivity contribution is 0.364. The van der Waals surface area contributed by atoms with Crippen LogP contribution in [-0.4, -0.2) is 29.0 Å². The van der Waals surface area contributed by atoms with Gasteiger partial charge >= 0.3 is 0 Å². The van der Waals surface area contributed by atoms with Gasteiger partial charge in [0, 0.05) is 12.5 Å². The number of amidine groups is 1. The van der Waals surface area contributed by atoms with Crippen LogP contribution >= 0.6 is 11.6 Å². The Morgan fingerprint density at radius 1 is 1.67 bits per heavy atom. The first-order valence-corrected chi connectivity index (χ1v) is 5.73. The monoisotopic (exact) mass is 229 g/mol. The SMILES string of the molecule is CCN=C1NC(C2CCC2)=NC(Cl)N1N. The van der Waals surface area contributed by atoms with Gasteiger partial charge in [-0.25, -0.2) is 15.8 Å². The van der Waals surface area contributed by atoms with Crippen molar-refractivity contribution in [1.29, 1.82) is 0 Å². The summed E-state index contributed by atoms with van der Waals surface area (Å²) >= 11 is 6.01. The number of aliphatic imine (C=N–C) groups is 2. The van der Waals surface area contributed by atoms with Gasteiger partial charge in [-0.3, -0.25) is 4.99 Å². The lowest BCUT2D eigenvalue weighted by Gasteiger charge is -2.35. The van der Waals surface area contributed by atoms with E-state index in [0.29, 0.717) is 18.4 Å². The number of rotatable bonds is 2. The molecule has 0 saturated heterocycles. The maximum atomic E-state index is 6.01. The molecule has 0 spiro atoms. The molecule has 2 aliphatic rings. The molecule has 5 nitrogen and oxygen atoms in total. The van der Waals surface area contributed by atoms with E-state index in [2.05, 4.69) is 15.3 Å². The summed E-state index contributed by atoms with van der Waals surface area (Å²) in [5.74, 6) is 7.81. The van der Waals surface area contributed by atoms with Crippen molar-refractivity contribution >= 4 is 23.4 Å². The average Bonchev–Trinajstić information content (AvgIpc) is 2.11. The topological polar surface area (TPSA) is 66.0 Å². The van der Waals surface area contributed by atoms with E-state index in [1.807, 2.05) is 6.92 Å². The third kappa shape index (κ3) is 2.08. The van der Waals surface area contributed by atoms with Crippen LogP contribution in [-0.2, 0) is 0 Å². The molecule has 2 rings (SSSR count). The summed E-state index contributed by atoms with van der Waals surface area (Å²) in [4.78, 5) is 8.56. The smallest absolute Gasteiger partial charge is 0.216 e. The van der Waals surface area contributed by atoms with Crippen LogP contribution < -0.4 is 11.2 Å². The Bertz CT molecular complexity index is 297. The molecule has 1 aliphatic heterocycles. The van der Waals surface area contributed by atoms with E-state index in [9.17, 15) is 0 Å². The molecule has 0 aromatic carbocycles. The third-order valence-corrected chi connectivity index (χ3v) is 3.07. The van der Waals surface area contributed by atoms with Gasteiger partial charge in [0.15, 0.2) is 0 Å². The van der Waals surface area contributed by atoms with Crippen LogP contribution in [0.25, 0.3) is 0 Å². The molecule has 15 heavy (non-hydrogen) atoms. The normalized spacial score (nSPS) is 29.8. The van der Waals surface area contributed by atoms with Gasteiger partial charge in [-0.15, -0.1) is 0 Å². The van der Waals surface area contributed by atoms with Crippen molar-refractivity contribution in [2.24, 2.45) is 21.7 Å². The molecule has 0 aromatic rings. The van der Waals surface area contributed by atoms with Gasteiger partial charge in [-0.1, -0.05) is 18.0 Å². The predicted octanol–water partition coefficient (Wildman–Crippen LogP) is 0.862. The number of guanidine groups is 1. The number of halogens is 1. The zero-order valence-corrected chi connectivity index (χ0v) is 9.54. The Morgan fingerprint density at radius 2 is 2.40 bits per heavy atom. The Kier molecular flexibility index (Phi) is 3.11. The minimum atomic E-state index is -0.535. The summed E-state index contributed by atoms with van der Waals surface area (Å²) < 4.78 is 0. The Balaban J connectivity index is 2.13. The molecule has 84 valence electrons. The van der Waals surface area contributed by atoms with Crippen molar-refractivity contribution in [3.63, 3.8) is 0 Å².